The average molecular weight is 553 g/mol. The number of fused-ring (bicyclic) bond motifs is 8. The first-order valence-electron chi connectivity index (χ1n) is 11.4. The van der Waals surface area contributed by atoms with Crippen molar-refractivity contribution < 1.29 is 0 Å². The smallest absolute Gasteiger partial charge is 0.153 e. The Kier molecular flexibility index (Phi) is 5.27. The number of nitrogens with zero attached hydrogens (tertiary/aromatic N) is 4. The van der Waals surface area contributed by atoms with Crippen LogP contribution in [0.5, 0.6) is 0 Å². The maximum Gasteiger partial charge on any atom is 0.153 e. The first kappa shape index (κ1) is 23.6. The molecule has 0 aromatic carbocycles. The second kappa shape index (κ2) is 7.83. The second-order valence-electron chi connectivity index (χ2n) is 9.50. The number of thioether (sulfide) groups is 1. The minimum atomic E-state index is -0.324. The van der Waals surface area contributed by atoms with E-state index in [0.29, 0.717) is 0 Å². The molecule has 0 bridgehead atoms. The van der Waals surface area contributed by atoms with Gasteiger partial charge in [-0.2, -0.15) is 0 Å². The van der Waals surface area contributed by atoms with E-state index in [2.05, 4.69) is 61.8 Å². The topological polar surface area (TPSA) is 35.6 Å². The number of hydrogen-bond donors (Lipinski definition) is 1. The van der Waals surface area contributed by atoms with Crippen molar-refractivity contribution in [2.75, 3.05) is 0 Å². The van der Waals surface area contributed by atoms with Crippen molar-refractivity contribution in [3.63, 3.8) is 0 Å². The van der Waals surface area contributed by atoms with Gasteiger partial charge in [-0.3, -0.25) is 4.57 Å². The van der Waals surface area contributed by atoms with Crippen molar-refractivity contribution in [3.8, 4) is 23.0 Å². The van der Waals surface area contributed by atoms with Crippen LogP contribution in [0.25, 0.3) is 26.6 Å². The van der Waals surface area contributed by atoms with Gasteiger partial charge in [0.1, 0.15) is 26.0 Å². The van der Waals surface area contributed by atoms with Gasteiger partial charge < -0.3 is 4.57 Å². The van der Waals surface area contributed by atoms with Crippen molar-refractivity contribution in [3.05, 3.63) is 44.5 Å². The van der Waals surface area contributed by atoms with Gasteiger partial charge in [0.05, 0.1) is 31.6 Å². The number of imidazole rings is 2. The number of allylic oxidation sites excluding steroid dienone is 1. The van der Waals surface area contributed by atoms with Gasteiger partial charge in [-0.25, -0.2) is 9.97 Å². The lowest BCUT2D eigenvalue weighted by Gasteiger charge is -2.34. The van der Waals surface area contributed by atoms with E-state index in [1.54, 1.807) is 34.4 Å². The summed E-state index contributed by atoms with van der Waals surface area (Å²) in [6.07, 6.45) is 7.86. The van der Waals surface area contributed by atoms with E-state index in [0.717, 1.165) is 47.5 Å². The van der Waals surface area contributed by atoms with Crippen molar-refractivity contribution >= 4 is 80.2 Å². The number of aromatic nitrogens is 4. The van der Waals surface area contributed by atoms with Gasteiger partial charge >= 0.3 is 0 Å². The maximum atomic E-state index is 6.15. The summed E-state index contributed by atoms with van der Waals surface area (Å²) in [7, 11) is 0. The molecule has 4 aromatic heterocycles. The molecular weight excluding hydrogens is 529 g/mol. The minimum Gasteiger partial charge on any atom is -0.310 e. The fourth-order valence-corrected chi connectivity index (χ4v) is 9.31. The predicted octanol–water partition coefficient (Wildman–Crippen LogP) is 7.46. The van der Waals surface area contributed by atoms with E-state index in [9.17, 15) is 0 Å². The van der Waals surface area contributed by atoms with Gasteiger partial charge in [-0.1, -0.05) is 36.0 Å². The summed E-state index contributed by atoms with van der Waals surface area (Å²) in [6, 6.07) is 2.20. The number of terminal acetylenes is 1. The van der Waals surface area contributed by atoms with Crippen LogP contribution in [0.4, 0.5) is 0 Å². The third-order valence-electron chi connectivity index (χ3n) is 6.92. The molecule has 2 aliphatic heterocycles. The number of thiocarbonyl (C=S) groups is 1. The fraction of sp³-hybridized carbons (Fsp3) is 0.346. The zero-order valence-electron chi connectivity index (χ0n) is 20.3. The summed E-state index contributed by atoms with van der Waals surface area (Å²) >= 11 is 16.4. The Hall–Kier alpha value is -1.83. The highest BCUT2D eigenvalue weighted by molar-refractivity contribution is 8.00. The van der Waals surface area contributed by atoms with E-state index >= 15 is 0 Å². The Balaban J connectivity index is 1.64. The summed E-state index contributed by atoms with van der Waals surface area (Å²) in [4.78, 5) is 15.6. The molecule has 178 valence electrons. The van der Waals surface area contributed by atoms with Gasteiger partial charge in [0.25, 0.3) is 0 Å². The van der Waals surface area contributed by atoms with Crippen molar-refractivity contribution in [1.29, 1.82) is 0 Å². The SMILES string of the molecule is C#CC(C)Sc1nc2n(c1C)[C@@H](S)/C(=C/C)c1c-2sc2c1C(C)(C)c1nc3sc(C)cc3n1C2=S. The van der Waals surface area contributed by atoms with Crippen LogP contribution in [0, 0.1) is 26.2 Å². The summed E-state index contributed by atoms with van der Waals surface area (Å²) < 4.78 is 4.43. The van der Waals surface area contributed by atoms with Crippen LogP contribution in [0.1, 0.15) is 65.5 Å². The van der Waals surface area contributed by atoms with Gasteiger partial charge in [-0.15, -0.1) is 41.7 Å². The zero-order valence-corrected chi connectivity index (χ0v) is 24.4. The normalized spacial score (nSPS) is 19.9. The van der Waals surface area contributed by atoms with Crippen molar-refractivity contribution in [1.82, 2.24) is 19.1 Å². The number of hydrogen-bond acceptors (Lipinski definition) is 7. The molecule has 0 radical (unpaired) electrons. The van der Waals surface area contributed by atoms with E-state index in [-0.39, 0.29) is 16.0 Å². The van der Waals surface area contributed by atoms with E-state index in [4.69, 9.17) is 41.2 Å². The first-order chi connectivity index (χ1) is 16.6. The molecule has 4 nitrogen and oxygen atoms in total. The minimum absolute atomic E-state index is 0.0428. The van der Waals surface area contributed by atoms with Gasteiger partial charge in [0.15, 0.2) is 5.82 Å². The standard InChI is InChI=1S/C26H24N4S5/c1-8-11(3)33-21-13(5)29-20(27-21)18-16(14(9-2)23(29)31)17-19(35-18)24(32)30-15-10-12(4)34-22(15)28-25(30)26(17,6)7/h1,9-11,23,31H,2-7H3/b14-9+/t11?,23-/m0/s1. The molecule has 0 saturated carbocycles. The molecule has 6 rings (SSSR count). The van der Waals surface area contributed by atoms with E-state index in [1.807, 2.05) is 6.92 Å². The third kappa shape index (κ3) is 3.04. The molecule has 0 aliphatic carbocycles. The molecule has 4 aromatic rings. The van der Waals surface area contributed by atoms with Crippen LogP contribution in [-0.2, 0) is 5.41 Å². The summed E-state index contributed by atoms with van der Waals surface area (Å²) in [5, 5.41) is 0.868. The van der Waals surface area contributed by atoms with E-state index in [1.165, 1.54) is 21.6 Å². The molecule has 1 unspecified atom stereocenters. The molecule has 6 heterocycles. The maximum absolute atomic E-state index is 6.15. The van der Waals surface area contributed by atoms with Crippen LogP contribution in [0.3, 0.4) is 0 Å². The Morgan fingerprint density at radius 2 is 2.03 bits per heavy atom. The lowest BCUT2D eigenvalue weighted by Crippen LogP contribution is -2.34. The van der Waals surface area contributed by atoms with E-state index < -0.39 is 0 Å². The van der Waals surface area contributed by atoms with Crippen molar-refractivity contribution in [2.24, 2.45) is 0 Å². The zero-order chi connectivity index (χ0) is 25.0. The molecule has 0 amide bonds. The lowest BCUT2D eigenvalue weighted by molar-refractivity contribution is 0.579. The molecule has 0 spiro atoms. The van der Waals surface area contributed by atoms with Gasteiger partial charge in [0, 0.05) is 10.4 Å². The highest BCUT2D eigenvalue weighted by Gasteiger charge is 2.46. The number of aryl methyl sites for hydroxylation is 1. The van der Waals surface area contributed by atoms with Crippen LogP contribution >= 0.6 is 59.3 Å². The largest absolute Gasteiger partial charge is 0.310 e. The first-order valence-corrected chi connectivity index (χ1v) is 14.8. The predicted molar refractivity (Wildman–Crippen MR) is 158 cm³/mol. The van der Waals surface area contributed by atoms with Crippen LogP contribution in [0.15, 0.2) is 17.2 Å². The molecular formula is C26H24N4S5. The summed E-state index contributed by atoms with van der Waals surface area (Å²) in [5.41, 5.74) is 5.52. The fourth-order valence-electron chi connectivity index (χ4n) is 5.27. The monoisotopic (exact) mass is 552 g/mol. The molecule has 9 heteroatoms. The Labute approximate surface area is 228 Å². The molecule has 0 fully saturated rings. The van der Waals surface area contributed by atoms with Crippen molar-refractivity contribution in [2.45, 2.75) is 62.6 Å². The molecule has 35 heavy (non-hydrogen) atoms. The summed E-state index contributed by atoms with van der Waals surface area (Å²) in [5.74, 6) is 4.76. The molecule has 2 atom stereocenters. The third-order valence-corrected chi connectivity index (χ3v) is 11.2. The number of thiol groups is 1. The quantitative estimate of drug-likeness (QED) is 0.121. The van der Waals surface area contributed by atoms with Crippen LogP contribution < -0.4 is 0 Å². The van der Waals surface area contributed by atoms with Gasteiger partial charge in [-0.05, 0) is 58.7 Å². The number of rotatable bonds is 2. The summed E-state index contributed by atoms with van der Waals surface area (Å²) in [6.45, 7) is 12.9. The number of thiophene rings is 2. The Morgan fingerprint density at radius 1 is 1.29 bits per heavy atom. The lowest BCUT2D eigenvalue weighted by atomic mass is 9.77. The highest BCUT2D eigenvalue weighted by Crippen LogP contribution is 2.56. The molecule has 0 N–H and O–H groups in total. The Morgan fingerprint density at radius 3 is 2.71 bits per heavy atom. The average Bonchev–Trinajstić information content (AvgIpc) is 3.53. The van der Waals surface area contributed by atoms with Crippen LogP contribution in [-0.4, -0.2) is 29.3 Å². The second-order valence-corrected chi connectivity index (χ2v) is 14.0. The van der Waals surface area contributed by atoms with Crippen LogP contribution in [0.2, 0.25) is 0 Å². The van der Waals surface area contributed by atoms with Gasteiger partial charge in [0.2, 0.25) is 0 Å². The highest BCUT2D eigenvalue weighted by atomic mass is 32.2. The Bertz CT molecular complexity index is 1650. The molecule has 0 saturated heterocycles. The molecule has 2 aliphatic rings.